The highest BCUT2D eigenvalue weighted by Gasteiger charge is 2.14. The zero-order valence-corrected chi connectivity index (χ0v) is 11.4. The molecule has 1 heterocycles. The number of nitro groups is 1. The maximum absolute atomic E-state index is 11.0. The first-order valence-corrected chi connectivity index (χ1v) is 6.15. The summed E-state index contributed by atoms with van der Waals surface area (Å²) in [5.74, 6) is 0.467. The maximum Gasteiger partial charge on any atom is 0.296 e. The van der Waals surface area contributed by atoms with Crippen molar-refractivity contribution in [1.29, 1.82) is 0 Å². The van der Waals surface area contributed by atoms with Gasteiger partial charge >= 0.3 is 0 Å². The topological polar surface area (TPSA) is 82.2 Å². The minimum Gasteiger partial charge on any atom is -0.496 e. The number of hydrogen-bond donors (Lipinski definition) is 1. The van der Waals surface area contributed by atoms with Crippen molar-refractivity contribution < 1.29 is 9.66 Å². The van der Waals surface area contributed by atoms with Crippen molar-refractivity contribution in [3.63, 3.8) is 0 Å². The Hall–Kier alpha value is -2.57. The molecule has 1 N–H and O–H groups in total. The van der Waals surface area contributed by atoms with E-state index in [-0.39, 0.29) is 5.69 Å². The smallest absolute Gasteiger partial charge is 0.296 e. The van der Waals surface area contributed by atoms with Crippen LogP contribution in [0, 0.1) is 10.1 Å². The van der Waals surface area contributed by atoms with Crippen LogP contribution in [0.4, 0.5) is 11.4 Å². The lowest BCUT2D eigenvalue weighted by Crippen LogP contribution is -2.09. The zero-order valence-electron chi connectivity index (χ0n) is 11.4. The van der Waals surface area contributed by atoms with E-state index in [1.54, 1.807) is 23.0 Å². The summed E-state index contributed by atoms with van der Waals surface area (Å²) in [4.78, 5) is 10.6. The van der Waals surface area contributed by atoms with Crippen LogP contribution in [0.3, 0.4) is 0 Å². The molecule has 7 nitrogen and oxygen atoms in total. The lowest BCUT2D eigenvalue weighted by Gasteiger charge is -2.08. The van der Waals surface area contributed by atoms with Crippen molar-refractivity contribution in [3.05, 3.63) is 46.3 Å². The van der Waals surface area contributed by atoms with Crippen molar-refractivity contribution in [2.24, 2.45) is 7.05 Å². The van der Waals surface area contributed by atoms with Crippen LogP contribution >= 0.6 is 0 Å². The third-order valence-corrected chi connectivity index (χ3v) is 3.02. The largest absolute Gasteiger partial charge is 0.496 e. The Morgan fingerprint density at radius 1 is 1.45 bits per heavy atom. The van der Waals surface area contributed by atoms with Crippen molar-refractivity contribution in [3.8, 4) is 5.75 Å². The van der Waals surface area contributed by atoms with Gasteiger partial charge < -0.3 is 10.1 Å². The number of methoxy groups -OCH3 is 1. The molecular formula is C13H16N4O3. The minimum absolute atomic E-state index is 0.00866. The first-order chi connectivity index (χ1) is 9.61. The van der Waals surface area contributed by atoms with Crippen molar-refractivity contribution in [2.45, 2.75) is 6.42 Å². The van der Waals surface area contributed by atoms with Crippen LogP contribution in [0.5, 0.6) is 5.75 Å². The third-order valence-electron chi connectivity index (χ3n) is 3.02. The van der Waals surface area contributed by atoms with Gasteiger partial charge in [0.25, 0.3) is 5.69 Å². The lowest BCUT2D eigenvalue weighted by molar-refractivity contribution is -0.384. The van der Waals surface area contributed by atoms with Gasteiger partial charge in [-0.3, -0.25) is 14.8 Å². The molecule has 0 spiro atoms. The van der Waals surface area contributed by atoms with Gasteiger partial charge in [0, 0.05) is 31.9 Å². The number of aromatic nitrogens is 2. The summed E-state index contributed by atoms with van der Waals surface area (Å²) < 4.78 is 6.78. The van der Waals surface area contributed by atoms with E-state index in [1.165, 1.54) is 13.2 Å². The highest BCUT2D eigenvalue weighted by atomic mass is 16.6. The Balaban J connectivity index is 2.05. The van der Waals surface area contributed by atoms with Gasteiger partial charge in [0.1, 0.15) is 11.4 Å². The molecule has 2 rings (SSSR count). The van der Waals surface area contributed by atoms with Gasteiger partial charge in [-0.15, -0.1) is 0 Å². The molecule has 0 bridgehead atoms. The minimum atomic E-state index is -0.422. The van der Waals surface area contributed by atoms with Crippen LogP contribution in [-0.4, -0.2) is 28.4 Å². The van der Waals surface area contributed by atoms with E-state index in [2.05, 4.69) is 10.4 Å². The summed E-state index contributed by atoms with van der Waals surface area (Å²) in [5.41, 5.74) is 1.56. The number of hydrogen-bond acceptors (Lipinski definition) is 5. The van der Waals surface area contributed by atoms with Crippen LogP contribution in [0.2, 0.25) is 0 Å². The van der Waals surface area contributed by atoms with Crippen LogP contribution in [-0.2, 0) is 13.5 Å². The summed E-state index contributed by atoms with van der Waals surface area (Å²) in [6.07, 6.45) is 2.46. The number of nitrogens with zero attached hydrogens (tertiary/aromatic N) is 3. The van der Waals surface area contributed by atoms with Gasteiger partial charge in [0.2, 0.25) is 0 Å². The molecule has 1 aromatic heterocycles. The molecule has 0 aliphatic heterocycles. The maximum atomic E-state index is 11.0. The summed E-state index contributed by atoms with van der Waals surface area (Å²) in [6, 6.07) is 6.68. The number of rotatable bonds is 6. The van der Waals surface area contributed by atoms with Gasteiger partial charge in [0.15, 0.2) is 0 Å². The molecule has 0 fully saturated rings. The molecule has 7 heteroatoms. The third kappa shape index (κ3) is 3.05. The normalized spacial score (nSPS) is 10.3. The molecule has 0 atom stereocenters. The number of nitro benzene ring substituents is 1. The quantitative estimate of drug-likeness (QED) is 0.644. The monoisotopic (exact) mass is 276 g/mol. The Morgan fingerprint density at radius 2 is 2.25 bits per heavy atom. The van der Waals surface area contributed by atoms with Crippen molar-refractivity contribution in [1.82, 2.24) is 9.78 Å². The summed E-state index contributed by atoms with van der Waals surface area (Å²) in [5, 5.41) is 18.2. The number of ether oxygens (including phenoxy) is 1. The molecule has 0 radical (unpaired) electrons. The molecule has 0 aliphatic carbocycles. The lowest BCUT2D eigenvalue weighted by atomic mass is 10.2. The summed E-state index contributed by atoms with van der Waals surface area (Å²) in [7, 11) is 3.35. The molecule has 0 saturated carbocycles. The fraction of sp³-hybridized carbons (Fsp3) is 0.308. The van der Waals surface area contributed by atoms with E-state index in [0.717, 1.165) is 12.1 Å². The fourth-order valence-corrected chi connectivity index (χ4v) is 1.91. The predicted octanol–water partition coefficient (Wildman–Crippen LogP) is 1.99. The van der Waals surface area contributed by atoms with E-state index in [1.807, 2.05) is 13.1 Å². The Kier molecular flexibility index (Phi) is 4.19. The van der Waals surface area contributed by atoms with E-state index in [0.29, 0.717) is 18.0 Å². The van der Waals surface area contributed by atoms with E-state index < -0.39 is 4.92 Å². The number of nitrogens with one attached hydrogen (secondary N) is 1. The van der Waals surface area contributed by atoms with Gasteiger partial charge in [0.05, 0.1) is 18.1 Å². The second-order valence-corrected chi connectivity index (χ2v) is 4.26. The van der Waals surface area contributed by atoms with Crippen LogP contribution in [0.25, 0.3) is 0 Å². The summed E-state index contributed by atoms with van der Waals surface area (Å²) in [6.45, 7) is 0.590. The number of anilines is 1. The molecule has 0 amide bonds. The molecule has 0 unspecified atom stereocenters. The fourth-order valence-electron chi connectivity index (χ4n) is 1.91. The molecule has 106 valence electrons. The average Bonchev–Trinajstić information content (AvgIpc) is 2.84. The Labute approximate surface area is 116 Å². The molecule has 2 aromatic rings. The molecule has 0 saturated heterocycles. The van der Waals surface area contributed by atoms with Crippen LogP contribution in [0.1, 0.15) is 5.69 Å². The van der Waals surface area contributed by atoms with Crippen LogP contribution < -0.4 is 10.1 Å². The standard InChI is InChI=1S/C13H16N4O3/c1-16-10(6-8-15-16)5-7-14-12-4-3-11(20-2)9-13(12)17(18)19/h3-4,6,8-9,14H,5,7H2,1-2H3. The second-order valence-electron chi connectivity index (χ2n) is 4.26. The Morgan fingerprint density at radius 3 is 2.85 bits per heavy atom. The average molecular weight is 276 g/mol. The number of benzene rings is 1. The van der Waals surface area contributed by atoms with Gasteiger partial charge in [-0.2, -0.15) is 5.10 Å². The predicted molar refractivity (Wildman–Crippen MR) is 75.1 cm³/mol. The SMILES string of the molecule is COc1ccc(NCCc2ccnn2C)c([N+](=O)[O-])c1. The van der Waals surface area contributed by atoms with E-state index >= 15 is 0 Å². The van der Waals surface area contributed by atoms with Gasteiger partial charge in [-0.1, -0.05) is 0 Å². The molecule has 20 heavy (non-hydrogen) atoms. The van der Waals surface area contributed by atoms with Crippen molar-refractivity contribution in [2.75, 3.05) is 19.0 Å². The zero-order chi connectivity index (χ0) is 14.5. The van der Waals surface area contributed by atoms with Gasteiger partial charge in [-0.25, -0.2) is 0 Å². The van der Waals surface area contributed by atoms with E-state index in [4.69, 9.17) is 4.74 Å². The Bertz CT molecular complexity index is 609. The first-order valence-electron chi connectivity index (χ1n) is 6.15. The molecular weight excluding hydrogens is 260 g/mol. The molecule has 1 aromatic carbocycles. The van der Waals surface area contributed by atoms with Crippen LogP contribution in [0.15, 0.2) is 30.5 Å². The summed E-state index contributed by atoms with van der Waals surface area (Å²) >= 11 is 0. The number of aryl methyl sites for hydroxylation is 1. The van der Waals surface area contributed by atoms with Crippen molar-refractivity contribution >= 4 is 11.4 Å². The highest BCUT2D eigenvalue weighted by molar-refractivity contribution is 5.63. The van der Waals surface area contributed by atoms with Gasteiger partial charge in [-0.05, 0) is 18.2 Å². The molecule has 0 aliphatic rings. The first kappa shape index (κ1) is 13.9. The second kappa shape index (κ2) is 6.05. The highest BCUT2D eigenvalue weighted by Crippen LogP contribution is 2.28. The van der Waals surface area contributed by atoms with E-state index in [9.17, 15) is 10.1 Å².